The Morgan fingerprint density at radius 2 is 1.74 bits per heavy atom. The molecule has 0 saturated heterocycles. The van der Waals surface area contributed by atoms with Crippen molar-refractivity contribution in [2.45, 2.75) is 0 Å². The van der Waals surface area contributed by atoms with Crippen LogP contribution in [0.3, 0.4) is 0 Å². The predicted molar refractivity (Wildman–Crippen MR) is 91.8 cm³/mol. The molecule has 0 fully saturated rings. The van der Waals surface area contributed by atoms with Crippen molar-refractivity contribution in [2.24, 2.45) is 5.10 Å². The van der Waals surface area contributed by atoms with Gasteiger partial charge in [0.25, 0.3) is 0 Å². The molecule has 3 aromatic rings. The van der Waals surface area contributed by atoms with Crippen LogP contribution in [-0.4, -0.2) is 21.3 Å². The van der Waals surface area contributed by atoms with E-state index in [1.165, 1.54) is 6.21 Å². The highest BCUT2D eigenvalue weighted by atomic mass is 35.5. The van der Waals surface area contributed by atoms with Crippen LogP contribution in [0.25, 0.3) is 11.4 Å². The molecule has 1 heterocycles. The quantitative estimate of drug-likeness (QED) is 0.433. The Labute approximate surface area is 138 Å². The Balaban J connectivity index is 1.81. The number of nitrogens with zero attached hydrogens (tertiary/aromatic N) is 3. The van der Waals surface area contributed by atoms with Gasteiger partial charge < -0.3 is 5.11 Å². The predicted octanol–water partition coefficient (Wildman–Crippen LogP) is 3.95. The molecule has 6 heteroatoms. The number of rotatable bonds is 4. The summed E-state index contributed by atoms with van der Waals surface area (Å²) in [6.07, 6.45) is 1.51. The molecule has 0 amide bonds. The lowest BCUT2D eigenvalue weighted by Crippen LogP contribution is -1.97. The number of benzene rings is 2. The molecule has 0 atom stereocenters. The standard InChI is InChI=1S/C17H13ClN4O/c18-15-10-16(21-17(20-15)12-6-2-1-3-7-12)22-19-11-13-8-4-5-9-14(13)23/h1-11,23H,(H,20,21,22)/b19-11+. The van der Waals surface area contributed by atoms with Gasteiger partial charge in [-0.2, -0.15) is 5.10 Å². The first-order chi connectivity index (χ1) is 11.2. The van der Waals surface area contributed by atoms with Crippen LogP contribution in [0.15, 0.2) is 65.8 Å². The molecule has 5 nitrogen and oxygen atoms in total. The van der Waals surface area contributed by atoms with E-state index >= 15 is 0 Å². The van der Waals surface area contributed by atoms with E-state index in [0.717, 1.165) is 5.56 Å². The summed E-state index contributed by atoms with van der Waals surface area (Å²) in [5, 5.41) is 14.1. The first-order valence-corrected chi connectivity index (χ1v) is 7.27. The van der Waals surface area contributed by atoms with E-state index in [0.29, 0.717) is 22.4 Å². The largest absolute Gasteiger partial charge is 0.507 e. The first-order valence-electron chi connectivity index (χ1n) is 6.89. The summed E-state index contributed by atoms with van der Waals surface area (Å²) in [4.78, 5) is 8.58. The van der Waals surface area contributed by atoms with E-state index in [9.17, 15) is 5.11 Å². The molecule has 0 unspecified atom stereocenters. The number of anilines is 1. The van der Waals surface area contributed by atoms with Gasteiger partial charge in [-0.15, -0.1) is 0 Å². The maximum atomic E-state index is 9.68. The Kier molecular flexibility index (Phi) is 4.49. The summed E-state index contributed by atoms with van der Waals surface area (Å²) >= 11 is 6.04. The number of phenols is 1. The Morgan fingerprint density at radius 1 is 1.00 bits per heavy atom. The maximum absolute atomic E-state index is 9.68. The number of phenolic OH excluding ortho intramolecular Hbond substituents is 1. The minimum absolute atomic E-state index is 0.156. The Hall–Kier alpha value is -2.92. The lowest BCUT2D eigenvalue weighted by atomic mass is 10.2. The van der Waals surface area contributed by atoms with Crippen molar-refractivity contribution in [2.75, 3.05) is 5.43 Å². The highest BCUT2D eigenvalue weighted by Crippen LogP contribution is 2.20. The van der Waals surface area contributed by atoms with Crippen LogP contribution in [0, 0.1) is 0 Å². The first kappa shape index (κ1) is 15.0. The molecule has 0 aliphatic carbocycles. The van der Waals surface area contributed by atoms with Crippen LogP contribution < -0.4 is 5.43 Å². The van der Waals surface area contributed by atoms with Crippen molar-refractivity contribution < 1.29 is 5.11 Å². The zero-order valence-corrected chi connectivity index (χ0v) is 12.8. The molecule has 0 bridgehead atoms. The number of halogens is 1. The van der Waals surface area contributed by atoms with Crippen LogP contribution in [-0.2, 0) is 0 Å². The van der Waals surface area contributed by atoms with E-state index in [4.69, 9.17) is 11.6 Å². The van der Waals surface area contributed by atoms with Gasteiger partial charge in [0.2, 0.25) is 0 Å². The Morgan fingerprint density at radius 3 is 2.52 bits per heavy atom. The van der Waals surface area contributed by atoms with Crippen LogP contribution in [0.4, 0.5) is 5.82 Å². The molecule has 2 N–H and O–H groups in total. The lowest BCUT2D eigenvalue weighted by molar-refractivity contribution is 0.474. The number of hydrazone groups is 1. The van der Waals surface area contributed by atoms with Crippen LogP contribution in [0.2, 0.25) is 5.15 Å². The molecule has 0 saturated carbocycles. The summed E-state index contributed by atoms with van der Waals surface area (Å²) in [6.45, 7) is 0. The fourth-order valence-corrected chi connectivity index (χ4v) is 2.14. The monoisotopic (exact) mass is 324 g/mol. The molecule has 1 aromatic heterocycles. The second-order valence-corrected chi connectivity index (χ2v) is 5.08. The fraction of sp³-hybridized carbons (Fsp3) is 0. The third kappa shape index (κ3) is 3.84. The number of nitrogens with one attached hydrogen (secondary N) is 1. The van der Waals surface area contributed by atoms with Crippen molar-refractivity contribution in [1.82, 2.24) is 9.97 Å². The molecule has 0 aliphatic rings. The van der Waals surface area contributed by atoms with Gasteiger partial charge in [-0.3, -0.25) is 5.43 Å². The van der Waals surface area contributed by atoms with Crippen LogP contribution >= 0.6 is 11.6 Å². The van der Waals surface area contributed by atoms with Gasteiger partial charge >= 0.3 is 0 Å². The third-order valence-corrected chi connectivity index (χ3v) is 3.24. The fourth-order valence-electron chi connectivity index (χ4n) is 1.96. The van der Waals surface area contributed by atoms with Crippen molar-refractivity contribution in [3.8, 4) is 17.1 Å². The Bertz CT molecular complexity index is 837. The molecule has 0 spiro atoms. The summed E-state index contributed by atoms with van der Waals surface area (Å²) in [6, 6.07) is 18.0. The SMILES string of the molecule is Oc1ccccc1/C=N/Nc1cc(Cl)nc(-c2ccccc2)n1. The molecular formula is C17H13ClN4O. The van der Waals surface area contributed by atoms with Gasteiger partial charge in [0.05, 0.1) is 6.21 Å². The van der Waals surface area contributed by atoms with Gasteiger partial charge in [0, 0.05) is 17.2 Å². The molecule has 0 radical (unpaired) electrons. The smallest absolute Gasteiger partial charge is 0.163 e. The van der Waals surface area contributed by atoms with E-state index in [1.54, 1.807) is 24.3 Å². The molecular weight excluding hydrogens is 312 g/mol. The topological polar surface area (TPSA) is 70.4 Å². The summed E-state index contributed by atoms with van der Waals surface area (Å²) in [5.74, 6) is 1.14. The molecule has 23 heavy (non-hydrogen) atoms. The zero-order valence-electron chi connectivity index (χ0n) is 12.0. The van der Waals surface area contributed by atoms with E-state index in [2.05, 4.69) is 20.5 Å². The summed E-state index contributed by atoms with van der Waals surface area (Å²) < 4.78 is 0. The van der Waals surface area contributed by atoms with Gasteiger partial charge in [-0.05, 0) is 12.1 Å². The molecule has 2 aromatic carbocycles. The van der Waals surface area contributed by atoms with Gasteiger partial charge in [-0.25, -0.2) is 9.97 Å². The second kappa shape index (κ2) is 6.89. The van der Waals surface area contributed by atoms with E-state index < -0.39 is 0 Å². The van der Waals surface area contributed by atoms with Crippen molar-refractivity contribution in [1.29, 1.82) is 0 Å². The second-order valence-electron chi connectivity index (χ2n) is 4.69. The number of hydrogen-bond acceptors (Lipinski definition) is 5. The summed E-state index contributed by atoms with van der Waals surface area (Å²) in [5.41, 5.74) is 4.26. The molecule has 0 aliphatic heterocycles. The third-order valence-electron chi connectivity index (χ3n) is 3.05. The van der Waals surface area contributed by atoms with Crippen LogP contribution in [0.5, 0.6) is 5.75 Å². The molecule has 114 valence electrons. The van der Waals surface area contributed by atoms with E-state index in [1.807, 2.05) is 36.4 Å². The maximum Gasteiger partial charge on any atom is 0.163 e. The number of aromatic hydroxyl groups is 1. The lowest BCUT2D eigenvalue weighted by Gasteiger charge is -2.04. The van der Waals surface area contributed by atoms with Crippen molar-refractivity contribution in [3.05, 3.63) is 71.4 Å². The number of para-hydroxylation sites is 1. The number of aromatic nitrogens is 2. The highest BCUT2D eigenvalue weighted by Gasteiger charge is 2.05. The average Bonchev–Trinajstić information content (AvgIpc) is 2.57. The van der Waals surface area contributed by atoms with Crippen molar-refractivity contribution >= 4 is 23.6 Å². The average molecular weight is 325 g/mol. The summed E-state index contributed by atoms with van der Waals surface area (Å²) in [7, 11) is 0. The van der Waals surface area contributed by atoms with Gasteiger partial charge in [0.15, 0.2) is 11.6 Å². The van der Waals surface area contributed by atoms with Gasteiger partial charge in [-0.1, -0.05) is 54.1 Å². The number of hydrogen-bond donors (Lipinski definition) is 2. The van der Waals surface area contributed by atoms with Crippen molar-refractivity contribution in [3.63, 3.8) is 0 Å². The minimum atomic E-state index is 0.156. The highest BCUT2D eigenvalue weighted by molar-refractivity contribution is 6.29. The van der Waals surface area contributed by atoms with Gasteiger partial charge in [0.1, 0.15) is 10.9 Å². The van der Waals surface area contributed by atoms with E-state index in [-0.39, 0.29) is 5.75 Å². The molecule has 3 rings (SSSR count). The minimum Gasteiger partial charge on any atom is -0.507 e. The normalized spacial score (nSPS) is 10.8. The van der Waals surface area contributed by atoms with Crippen LogP contribution in [0.1, 0.15) is 5.56 Å². The zero-order chi connectivity index (χ0) is 16.1.